The first-order valence-corrected chi connectivity index (χ1v) is 8.28. The summed E-state index contributed by atoms with van der Waals surface area (Å²) in [6.45, 7) is 0. The number of methoxy groups -OCH3 is 1. The summed E-state index contributed by atoms with van der Waals surface area (Å²) in [6, 6.07) is 11.1. The summed E-state index contributed by atoms with van der Waals surface area (Å²) >= 11 is 1.09. The third kappa shape index (κ3) is 3.70. The molecule has 1 amide bonds. The lowest BCUT2D eigenvalue weighted by molar-refractivity contribution is -0.115. The van der Waals surface area contributed by atoms with Crippen molar-refractivity contribution < 1.29 is 24.5 Å². The number of nitrogens with one attached hydrogen (secondary N) is 1. The number of para-hydroxylation sites is 1. The number of phenolic OH excluding ortho intramolecular Hbond substituents is 1. The molecule has 0 atom stereocenters. The molecule has 0 saturated carbocycles. The molecule has 2 aromatic rings. The van der Waals surface area contributed by atoms with Gasteiger partial charge < -0.3 is 20.3 Å². The summed E-state index contributed by atoms with van der Waals surface area (Å²) in [4.78, 5) is 28.1. The highest BCUT2D eigenvalue weighted by molar-refractivity contribution is 8.18. The van der Waals surface area contributed by atoms with Gasteiger partial charge in [0.25, 0.3) is 5.91 Å². The SMILES string of the molecule is COc1ccccc1/C=C1\SC(=Nc2ccc(O)cc2C(=O)O)NC1=O. The van der Waals surface area contributed by atoms with Gasteiger partial charge in [-0.05, 0) is 42.1 Å². The van der Waals surface area contributed by atoms with Crippen molar-refractivity contribution >= 4 is 40.6 Å². The van der Waals surface area contributed by atoms with Crippen LogP contribution in [0, 0.1) is 0 Å². The number of ether oxygens (including phenoxy) is 1. The van der Waals surface area contributed by atoms with Crippen LogP contribution >= 0.6 is 11.8 Å². The van der Waals surface area contributed by atoms with Gasteiger partial charge in [0.2, 0.25) is 0 Å². The van der Waals surface area contributed by atoms with Gasteiger partial charge >= 0.3 is 5.97 Å². The van der Waals surface area contributed by atoms with Gasteiger partial charge in [-0.3, -0.25) is 4.79 Å². The molecule has 7 nitrogen and oxygen atoms in total. The third-order valence-corrected chi connectivity index (χ3v) is 4.42. The molecule has 1 aliphatic heterocycles. The number of aliphatic imine (C=N–C) groups is 1. The normalized spacial score (nSPS) is 16.7. The van der Waals surface area contributed by atoms with Crippen LogP contribution in [-0.2, 0) is 4.79 Å². The third-order valence-electron chi connectivity index (χ3n) is 3.51. The number of carbonyl (C=O) groups excluding carboxylic acids is 1. The number of amidine groups is 1. The van der Waals surface area contributed by atoms with E-state index in [0.717, 1.165) is 23.4 Å². The molecule has 1 fully saturated rings. The molecule has 26 heavy (non-hydrogen) atoms. The maximum absolute atomic E-state index is 12.2. The minimum Gasteiger partial charge on any atom is -0.508 e. The highest BCUT2D eigenvalue weighted by atomic mass is 32.2. The fourth-order valence-corrected chi connectivity index (χ4v) is 3.14. The van der Waals surface area contributed by atoms with Crippen LogP contribution in [0.1, 0.15) is 15.9 Å². The summed E-state index contributed by atoms with van der Waals surface area (Å²) in [5.41, 5.74) is 0.718. The number of aromatic hydroxyl groups is 1. The van der Waals surface area contributed by atoms with Crippen molar-refractivity contribution in [2.45, 2.75) is 0 Å². The first-order valence-electron chi connectivity index (χ1n) is 7.47. The monoisotopic (exact) mass is 370 g/mol. The second-order valence-corrected chi connectivity index (χ2v) is 6.26. The van der Waals surface area contributed by atoms with E-state index in [0.29, 0.717) is 10.7 Å². The van der Waals surface area contributed by atoms with Gasteiger partial charge in [0.1, 0.15) is 11.5 Å². The average Bonchev–Trinajstić information content (AvgIpc) is 2.96. The number of hydrogen-bond acceptors (Lipinski definition) is 6. The van der Waals surface area contributed by atoms with E-state index in [1.807, 2.05) is 18.2 Å². The molecule has 1 aliphatic rings. The zero-order chi connectivity index (χ0) is 18.7. The van der Waals surface area contributed by atoms with E-state index in [1.54, 1.807) is 19.3 Å². The van der Waals surface area contributed by atoms with Gasteiger partial charge in [0.05, 0.1) is 23.3 Å². The topological polar surface area (TPSA) is 108 Å². The van der Waals surface area contributed by atoms with Crippen LogP contribution in [0.4, 0.5) is 5.69 Å². The largest absolute Gasteiger partial charge is 0.508 e. The van der Waals surface area contributed by atoms with Crippen molar-refractivity contribution in [1.82, 2.24) is 5.32 Å². The summed E-state index contributed by atoms with van der Waals surface area (Å²) in [5, 5.41) is 21.5. The van der Waals surface area contributed by atoms with E-state index >= 15 is 0 Å². The van der Waals surface area contributed by atoms with Crippen molar-refractivity contribution in [2.24, 2.45) is 4.99 Å². The van der Waals surface area contributed by atoms with Crippen molar-refractivity contribution in [2.75, 3.05) is 7.11 Å². The average molecular weight is 370 g/mol. The van der Waals surface area contributed by atoms with Crippen LogP contribution in [0.25, 0.3) is 6.08 Å². The molecule has 8 heteroatoms. The van der Waals surface area contributed by atoms with Crippen molar-refractivity contribution in [3.8, 4) is 11.5 Å². The van der Waals surface area contributed by atoms with E-state index in [4.69, 9.17) is 4.74 Å². The van der Waals surface area contributed by atoms with Gasteiger partial charge in [-0.2, -0.15) is 0 Å². The number of hydrogen-bond donors (Lipinski definition) is 3. The number of carboxylic acids is 1. The lowest BCUT2D eigenvalue weighted by Gasteiger charge is -2.03. The zero-order valence-electron chi connectivity index (χ0n) is 13.6. The molecule has 3 N–H and O–H groups in total. The Morgan fingerprint density at radius 1 is 1.27 bits per heavy atom. The van der Waals surface area contributed by atoms with E-state index < -0.39 is 5.97 Å². The first kappa shape index (κ1) is 17.6. The van der Waals surface area contributed by atoms with E-state index in [2.05, 4.69) is 10.3 Å². The fourth-order valence-electron chi connectivity index (χ4n) is 2.31. The van der Waals surface area contributed by atoms with Crippen LogP contribution in [-0.4, -0.2) is 34.4 Å². The summed E-state index contributed by atoms with van der Waals surface area (Å²) < 4.78 is 5.26. The predicted molar refractivity (Wildman–Crippen MR) is 98.9 cm³/mol. The van der Waals surface area contributed by atoms with Crippen LogP contribution in [0.5, 0.6) is 11.5 Å². The minimum absolute atomic E-state index is 0.136. The fraction of sp³-hybridized carbons (Fsp3) is 0.0556. The Morgan fingerprint density at radius 2 is 2.04 bits per heavy atom. The number of carbonyl (C=O) groups is 2. The van der Waals surface area contributed by atoms with E-state index in [1.165, 1.54) is 12.1 Å². The number of amides is 1. The van der Waals surface area contributed by atoms with Crippen molar-refractivity contribution in [3.05, 3.63) is 58.5 Å². The van der Waals surface area contributed by atoms with Gasteiger partial charge in [-0.1, -0.05) is 18.2 Å². The van der Waals surface area contributed by atoms with E-state index in [-0.39, 0.29) is 28.1 Å². The lowest BCUT2D eigenvalue weighted by Crippen LogP contribution is -2.19. The number of rotatable bonds is 4. The molecular formula is C18H14N2O5S. The molecule has 0 aliphatic carbocycles. The molecule has 0 aromatic heterocycles. The number of aromatic carboxylic acids is 1. The highest BCUT2D eigenvalue weighted by Gasteiger charge is 2.25. The second kappa shape index (κ2) is 7.32. The molecule has 2 aromatic carbocycles. The quantitative estimate of drug-likeness (QED) is 0.714. The molecule has 1 heterocycles. The first-order chi connectivity index (χ1) is 12.5. The van der Waals surface area contributed by atoms with Gasteiger partial charge in [0, 0.05) is 5.56 Å². The van der Waals surface area contributed by atoms with Crippen LogP contribution in [0.2, 0.25) is 0 Å². The Balaban J connectivity index is 1.92. The Morgan fingerprint density at radius 3 is 2.77 bits per heavy atom. The Bertz CT molecular complexity index is 952. The molecule has 132 valence electrons. The molecule has 0 bridgehead atoms. The zero-order valence-corrected chi connectivity index (χ0v) is 14.4. The van der Waals surface area contributed by atoms with Gasteiger partial charge in [0.15, 0.2) is 5.17 Å². The number of thioether (sulfide) groups is 1. The maximum atomic E-state index is 12.2. The van der Waals surface area contributed by atoms with Crippen molar-refractivity contribution in [3.63, 3.8) is 0 Å². The summed E-state index contributed by atoms with van der Waals surface area (Å²) in [5.74, 6) is -1.11. The van der Waals surface area contributed by atoms with Crippen molar-refractivity contribution in [1.29, 1.82) is 0 Å². The van der Waals surface area contributed by atoms with Gasteiger partial charge in [-0.25, -0.2) is 9.79 Å². The maximum Gasteiger partial charge on any atom is 0.338 e. The van der Waals surface area contributed by atoms with Crippen LogP contribution in [0.3, 0.4) is 0 Å². The molecule has 3 rings (SSSR count). The molecular weight excluding hydrogens is 356 g/mol. The summed E-state index contributed by atoms with van der Waals surface area (Å²) in [6.07, 6.45) is 1.68. The van der Waals surface area contributed by atoms with Crippen LogP contribution in [0.15, 0.2) is 52.4 Å². The smallest absolute Gasteiger partial charge is 0.338 e. The minimum atomic E-state index is -1.22. The van der Waals surface area contributed by atoms with E-state index in [9.17, 15) is 19.8 Å². The summed E-state index contributed by atoms with van der Waals surface area (Å²) in [7, 11) is 1.55. The highest BCUT2D eigenvalue weighted by Crippen LogP contribution is 2.32. The standard InChI is InChI=1S/C18H14N2O5S/c1-25-14-5-3-2-4-10(14)8-15-16(22)20-18(26-15)19-13-7-6-11(21)9-12(13)17(23)24/h2-9,21H,1H3,(H,23,24)(H,19,20,22)/b15-8-. The molecule has 0 radical (unpaired) electrons. The Labute approximate surface area is 153 Å². The number of benzene rings is 2. The van der Waals surface area contributed by atoms with Gasteiger partial charge in [-0.15, -0.1) is 0 Å². The molecule has 1 saturated heterocycles. The number of phenols is 1. The van der Waals surface area contributed by atoms with Crippen LogP contribution < -0.4 is 10.1 Å². The number of nitrogens with zero attached hydrogens (tertiary/aromatic N) is 1. The Kier molecular flexibility index (Phi) is 4.94. The number of carboxylic acid groups (broad SMARTS) is 1. The second-order valence-electron chi connectivity index (χ2n) is 5.23. The Hall–Kier alpha value is -3.26. The molecule has 0 spiro atoms. The predicted octanol–water partition coefficient (Wildman–Crippen LogP) is 2.99. The lowest BCUT2D eigenvalue weighted by atomic mass is 10.2. The molecule has 0 unspecified atom stereocenters.